The fourth-order valence-corrected chi connectivity index (χ4v) is 2.92. The Morgan fingerprint density at radius 2 is 2.11 bits per heavy atom. The van der Waals surface area contributed by atoms with Crippen LogP contribution in [-0.4, -0.2) is 37.0 Å². The van der Waals surface area contributed by atoms with Crippen LogP contribution < -0.4 is 5.32 Å². The van der Waals surface area contributed by atoms with Crippen molar-refractivity contribution in [1.29, 1.82) is 0 Å². The average Bonchev–Trinajstić information content (AvgIpc) is 2.42. The van der Waals surface area contributed by atoms with Crippen LogP contribution in [0.2, 0.25) is 0 Å². The van der Waals surface area contributed by atoms with Crippen molar-refractivity contribution in [3.8, 4) is 0 Å². The second-order valence-electron chi connectivity index (χ2n) is 5.10. The van der Waals surface area contributed by atoms with Crippen LogP contribution in [0.4, 0.5) is 0 Å². The van der Waals surface area contributed by atoms with Gasteiger partial charge >= 0.3 is 0 Å². The highest BCUT2D eigenvalue weighted by Gasteiger charge is 2.25. The van der Waals surface area contributed by atoms with Crippen molar-refractivity contribution in [3.05, 3.63) is 34.3 Å². The summed E-state index contributed by atoms with van der Waals surface area (Å²) in [7, 11) is 1.95. The summed E-state index contributed by atoms with van der Waals surface area (Å²) in [6, 6.07) is 8.37. The Bertz CT molecular complexity index is 417. The van der Waals surface area contributed by atoms with E-state index in [1.807, 2.05) is 31.3 Å². The molecule has 104 valence electrons. The first-order valence-electron chi connectivity index (χ1n) is 6.89. The Kier molecular flexibility index (Phi) is 5.40. The van der Waals surface area contributed by atoms with Crippen molar-refractivity contribution in [1.82, 2.24) is 10.2 Å². The Hall–Kier alpha value is -0.870. The largest absolute Gasteiger partial charge is 0.338 e. The predicted octanol–water partition coefficient (Wildman–Crippen LogP) is 2.59. The van der Waals surface area contributed by atoms with Gasteiger partial charge < -0.3 is 10.2 Å². The van der Waals surface area contributed by atoms with Gasteiger partial charge in [-0.25, -0.2) is 0 Å². The van der Waals surface area contributed by atoms with Gasteiger partial charge in [-0.2, -0.15) is 0 Å². The van der Waals surface area contributed by atoms with E-state index in [0.29, 0.717) is 12.5 Å². The first kappa shape index (κ1) is 14.5. The summed E-state index contributed by atoms with van der Waals surface area (Å²) in [6.07, 6.45) is 3.99. The maximum absolute atomic E-state index is 12.4. The van der Waals surface area contributed by atoms with Crippen LogP contribution in [0.1, 0.15) is 24.8 Å². The Balaban J connectivity index is 1.99. The van der Waals surface area contributed by atoms with Crippen LogP contribution in [0, 0.1) is 0 Å². The molecule has 1 saturated heterocycles. The third-order valence-electron chi connectivity index (χ3n) is 3.66. The second kappa shape index (κ2) is 7.06. The standard InChI is InChI=1S/C15H21BrN2O/c1-17-11-14-4-2-3-9-18(14)15(19)10-12-5-7-13(16)8-6-12/h5-8,14,17H,2-4,9-11H2,1H3. The van der Waals surface area contributed by atoms with E-state index in [1.54, 1.807) is 0 Å². The highest BCUT2D eigenvalue weighted by Crippen LogP contribution is 2.18. The minimum Gasteiger partial charge on any atom is -0.338 e. The van der Waals surface area contributed by atoms with Crippen LogP contribution in [-0.2, 0) is 11.2 Å². The van der Waals surface area contributed by atoms with Gasteiger partial charge in [0.1, 0.15) is 0 Å². The Morgan fingerprint density at radius 3 is 2.79 bits per heavy atom. The first-order chi connectivity index (χ1) is 9.20. The van der Waals surface area contributed by atoms with Gasteiger partial charge in [0.25, 0.3) is 0 Å². The molecule has 0 aromatic heterocycles. The van der Waals surface area contributed by atoms with E-state index in [-0.39, 0.29) is 5.91 Å². The lowest BCUT2D eigenvalue weighted by Gasteiger charge is -2.36. The second-order valence-corrected chi connectivity index (χ2v) is 6.01. The molecule has 3 nitrogen and oxygen atoms in total. The average molecular weight is 325 g/mol. The van der Waals surface area contributed by atoms with Crippen LogP contribution >= 0.6 is 15.9 Å². The molecule has 1 amide bonds. The molecule has 4 heteroatoms. The molecule has 1 N–H and O–H groups in total. The predicted molar refractivity (Wildman–Crippen MR) is 81.1 cm³/mol. The van der Waals surface area contributed by atoms with E-state index in [4.69, 9.17) is 0 Å². The van der Waals surface area contributed by atoms with Crippen molar-refractivity contribution >= 4 is 21.8 Å². The first-order valence-corrected chi connectivity index (χ1v) is 7.68. The molecule has 1 atom stereocenters. The number of carbonyl (C=O) groups excluding carboxylic acids is 1. The molecule has 0 saturated carbocycles. The number of nitrogens with one attached hydrogen (secondary N) is 1. The monoisotopic (exact) mass is 324 g/mol. The minimum atomic E-state index is 0.252. The van der Waals surface area contributed by atoms with Gasteiger partial charge in [0.2, 0.25) is 5.91 Å². The van der Waals surface area contributed by atoms with Crippen LogP contribution in [0.3, 0.4) is 0 Å². The summed E-state index contributed by atoms with van der Waals surface area (Å²) in [5.74, 6) is 0.252. The molecule has 0 spiro atoms. The smallest absolute Gasteiger partial charge is 0.227 e. The van der Waals surface area contributed by atoms with E-state index >= 15 is 0 Å². The van der Waals surface area contributed by atoms with E-state index < -0.39 is 0 Å². The molecular formula is C15H21BrN2O. The summed E-state index contributed by atoms with van der Waals surface area (Å²) in [4.78, 5) is 14.5. The lowest BCUT2D eigenvalue weighted by atomic mass is 10.0. The molecule has 0 bridgehead atoms. The number of amides is 1. The van der Waals surface area contributed by atoms with Crippen LogP contribution in [0.25, 0.3) is 0 Å². The zero-order valence-corrected chi connectivity index (χ0v) is 12.9. The van der Waals surface area contributed by atoms with Gasteiger partial charge in [-0.05, 0) is 44.0 Å². The molecule has 2 rings (SSSR count). The van der Waals surface area contributed by atoms with Crippen LogP contribution in [0.15, 0.2) is 28.7 Å². The maximum atomic E-state index is 12.4. The SMILES string of the molecule is CNCC1CCCCN1C(=O)Cc1ccc(Br)cc1. The van der Waals surface area contributed by atoms with E-state index in [1.165, 1.54) is 6.42 Å². The fraction of sp³-hybridized carbons (Fsp3) is 0.533. The number of hydrogen-bond donors (Lipinski definition) is 1. The van der Waals surface area contributed by atoms with Crippen molar-refractivity contribution in [2.45, 2.75) is 31.7 Å². The molecule has 1 aromatic rings. The van der Waals surface area contributed by atoms with Gasteiger partial charge in [0.15, 0.2) is 0 Å². The van der Waals surface area contributed by atoms with Crippen LogP contribution in [0.5, 0.6) is 0 Å². The number of halogens is 1. The number of benzene rings is 1. The van der Waals surface area contributed by atoms with Gasteiger partial charge in [-0.15, -0.1) is 0 Å². The molecular weight excluding hydrogens is 304 g/mol. The quantitative estimate of drug-likeness (QED) is 0.923. The molecule has 19 heavy (non-hydrogen) atoms. The summed E-state index contributed by atoms with van der Waals surface area (Å²) in [5, 5.41) is 3.19. The summed E-state index contributed by atoms with van der Waals surface area (Å²) in [5.41, 5.74) is 1.09. The topological polar surface area (TPSA) is 32.3 Å². The van der Waals surface area contributed by atoms with E-state index in [9.17, 15) is 4.79 Å². The third kappa shape index (κ3) is 4.05. The zero-order valence-electron chi connectivity index (χ0n) is 11.4. The highest BCUT2D eigenvalue weighted by molar-refractivity contribution is 9.10. The number of likely N-dealkylation sites (tertiary alicyclic amines) is 1. The summed E-state index contributed by atoms with van der Waals surface area (Å²) < 4.78 is 1.05. The maximum Gasteiger partial charge on any atom is 0.227 e. The van der Waals surface area contributed by atoms with Gasteiger partial charge in [0, 0.05) is 23.6 Å². The molecule has 0 aliphatic carbocycles. The van der Waals surface area contributed by atoms with E-state index in [0.717, 1.165) is 36.0 Å². The fourth-order valence-electron chi connectivity index (χ4n) is 2.66. The number of likely N-dealkylation sites (N-methyl/N-ethyl adjacent to an activating group) is 1. The van der Waals surface area contributed by atoms with Crippen molar-refractivity contribution in [3.63, 3.8) is 0 Å². The lowest BCUT2D eigenvalue weighted by molar-refractivity contribution is -0.134. The molecule has 1 fully saturated rings. The molecule has 1 aromatic carbocycles. The van der Waals surface area contributed by atoms with Gasteiger partial charge in [0.05, 0.1) is 6.42 Å². The minimum absolute atomic E-state index is 0.252. The summed E-state index contributed by atoms with van der Waals surface area (Å²) in [6.45, 7) is 1.80. The zero-order chi connectivity index (χ0) is 13.7. The molecule has 1 aliphatic heterocycles. The van der Waals surface area contributed by atoms with Gasteiger partial charge in [-0.1, -0.05) is 28.1 Å². The Morgan fingerprint density at radius 1 is 1.37 bits per heavy atom. The third-order valence-corrected chi connectivity index (χ3v) is 4.18. The van der Waals surface area contributed by atoms with Crippen molar-refractivity contribution in [2.75, 3.05) is 20.1 Å². The molecule has 1 unspecified atom stereocenters. The van der Waals surface area contributed by atoms with Gasteiger partial charge in [-0.3, -0.25) is 4.79 Å². The number of rotatable bonds is 4. The number of hydrogen-bond acceptors (Lipinski definition) is 2. The normalized spacial score (nSPS) is 19.5. The number of nitrogens with zero attached hydrogens (tertiary/aromatic N) is 1. The lowest BCUT2D eigenvalue weighted by Crippen LogP contribution is -2.48. The molecule has 1 aliphatic rings. The number of piperidine rings is 1. The highest BCUT2D eigenvalue weighted by atomic mass is 79.9. The molecule has 1 heterocycles. The van der Waals surface area contributed by atoms with E-state index in [2.05, 4.69) is 26.1 Å². The Labute approximate surface area is 123 Å². The summed E-state index contributed by atoms with van der Waals surface area (Å²) >= 11 is 3.41. The van der Waals surface area contributed by atoms with Crippen molar-refractivity contribution < 1.29 is 4.79 Å². The number of carbonyl (C=O) groups is 1. The van der Waals surface area contributed by atoms with Crippen molar-refractivity contribution in [2.24, 2.45) is 0 Å². The molecule has 0 radical (unpaired) electrons.